The first-order chi connectivity index (χ1) is 10.5. The van der Waals surface area contributed by atoms with Crippen molar-refractivity contribution in [2.75, 3.05) is 13.6 Å². The Bertz CT molecular complexity index is 654. The van der Waals surface area contributed by atoms with E-state index in [-0.39, 0.29) is 17.5 Å². The second-order valence-corrected chi connectivity index (χ2v) is 6.63. The molecule has 1 aliphatic heterocycles. The molecule has 0 saturated carbocycles. The molecule has 0 aromatic heterocycles. The van der Waals surface area contributed by atoms with Gasteiger partial charge in [0.1, 0.15) is 5.78 Å². The molecule has 22 heavy (non-hydrogen) atoms. The molecular weight excluding hydrogens is 302 g/mol. The van der Waals surface area contributed by atoms with Crippen molar-refractivity contribution < 1.29 is 15.0 Å². The summed E-state index contributed by atoms with van der Waals surface area (Å²) in [6.07, 6.45) is 3.68. The van der Waals surface area contributed by atoms with Gasteiger partial charge in [0, 0.05) is 36.5 Å². The predicted molar refractivity (Wildman–Crippen MR) is 85.4 cm³/mol. The highest BCUT2D eigenvalue weighted by Crippen LogP contribution is 2.37. The quantitative estimate of drug-likeness (QED) is 0.649. The standard InChI is InChI=1S/C17H20ClNO3/c1-19-5-4-10-6-12(20)2-3-13(10)15(19)7-11-8-16(21)17(22)9-14(11)18/h8-9,15,21-22H,2-7H2,1H3. The molecule has 1 aromatic rings. The lowest BCUT2D eigenvalue weighted by Crippen LogP contribution is -2.41. The summed E-state index contributed by atoms with van der Waals surface area (Å²) in [6, 6.07) is 3.13. The smallest absolute Gasteiger partial charge is 0.158 e. The van der Waals surface area contributed by atoms with Gasteiger partial charge in [0.15, 0.2) is 11.5 Å². The van der Waals surface area contributed by atoms with Crippen molar-refractivity contribution in [3.05, 3.63) is 33.9 Å². The minimum atomic E-state index is -0.200. The zero-order chi connectivity index (χ0) is 15.9. The number of nitrogens with zero attached hydrogens (tertiary/aromatic N) is 1. The Labute approximate surface area is 135 Å². The van der Waals surface area contributed by atoms with Gasteiger partial charge in [-0.1, -0.05) is 22.7 Å². The van der Waals surface area contributed by atoms with Crippen LogP contribution >= 0.6 is 11.6 Å². The first-order valence-electron chi connectivity index (χ1n) is 7.58. The van der Waals surface area contributed by atoms with E-state index in [4.69, 9.17) is 11.6 Å². The third-order valence-corrected chi connectivity index (χ3v) is 5.15. The van der Waals surface area contributed by atoms with Gasteiger partial charge in [0.25, 0.3) is 0 Å². The molecule has 3 rings (SSSR count). The lowest BCUT2D eigenvalue weighted by Gasteiger charge is -2.38. The van der Waals surface area contributed by atoms with Gasteiger partial charge in [-0.15, -0.1) is 0 Å². The van der Waals surface area contributed by atoms with Crippen LogP contribution in [0.1, 0.15) is 31.2 Å². The number of hydrogen-bond acceptors (Lipinski definition) is 4. The molecule has 5 heteroatoms. The fourth-order valence-corrected chi connectivity index (χ4v) is 3.75. The van der Waals surface area contributed by atoms with Crippen molar-refractivity contribution in [3.8, 4) is 11.5 Å². The maximum absolute atomic E-state index is 11.7. The Morgan fingerprint density at radius 1 is 1.23 bits per heavy atom. The van der Waals surface area contributed by atoms with Crippen molar-refractivity contribution >= 4 is 17.4 Å². The van der Waals surface area contributed by atoms with Crippen LogP contribution in [0.5, 0.6) is 11.5 Å². The molecule has 0 bridgehead atoms. The number of halogens is 1. The van der Waals surface area contributed by atoms with Crippen molar-refractivity contribution in [3.63, 3.8) is 0 Å². The zero-order valence-electron chi connectivity index (χ0n) is 12.6. The lowest BCUT2D eigenvalue weighted by molar-refractivity contribution is -0.118. The number of aromatic hydroxyl groups is 2. The molecule has 1 unspecified atom stereocenters. The lowest BCUT2D eigenvalue weighted by atomic mass is 9.80. The van der Waals surface area contributed by atoms with Gasteiger partial charge in [0.05, 0.1) is 0 Å². The maximum Gasteiger partial charge on any atom is 0.158 e. The van der Waals surface area contributed by atoms with Gasteiger partial charge in [0.2, 0.25) is 0 Å². The fourth-order valence-electron chi connectivity index (χ4n) is 3.51. The number of benzene rings is 1. The monoisotopic (exact) mass is 321 g/mol. The van der Waals surface area contributed by atoms with Crippen LogP contribution in [-0.2, 0) is 11.2 Å². The normalized spacial score (nSPS) is 22.8. The molecule has 2 aliphatic rings. The molecule has 1 aliphatic carbocycles. The number of ketones is 1. The van der Waals surface area contributed by atoms with E-state index < -0.39 is 0 Å². The number of phenolic OH excluding ortho intramolecular Hbond substituents is 2. The Hall–Kier alpha value is -1.52. The first kappa shape index (κ1) is 15.4. The van der Waals surface area contributed by atoms with Crippen molar-refractivity contribution in [1.29, 1.82) is 0 Å². The molecule has 0 fully saturated rings. The average Bonchev–Trinajstić information content (AvgIpc) is 2.47. The topological polar surface area (TPSA) is 60.8 Å². The van der Waals surface area contributed by atoms with Gasteiger partial charge < -0.3 is 10.2 Å². The molecule has 1 aromatic carbocycles. The molecule has 1 heterocycles. The number of carbonyl (C=O) groups is 1. The third-order valence-electron chi connectivity index (χ3n) is 4.80. The number of Topliss-reactive ketones (excluding diaryl/α,β-unsaturated/α-hetero) is 1. The van der Waals surface area contributed by atoms with Crippen LogP contribution in [0.3, 0.4) is 0 Å². The Morgan fingerprint density at radius 2 is 1.95 bits per heavy atom. The number of phenols is 2. The van der Waals surface area contributed by atoms with Crippen LogP contribution in [0.15, 0.2) is 23.3 Å². The molecule has 1 atom stereocenters. The summed E-state index contributed by atoms with van der Waals surface area (Å²) >= 11 is 6.21. The van der Waals surface area contributed by atoms with Crippen molar-refractivity contribution in [2.24, 2.45) is 0 Å². The Morgan fingerprint density at radius 3 is 2.73 bits per heavy atom. The highest BCUT2D eigenvalue weighted by atomic mass is 35.5. The highest BCUT2D eigenvalue weighted by Gasteiger charge is 2.31. The Kier molecular flexibility index (Phi) is 4.15. The molecule has 0 saturated heterocycles. The summed E-state index contributed by atoms with van der Waals surface area (Å²) in [5.41, 5.74) is 3.47. The molecule has 118 valence electrons. The number of hydrogen-bond donors (Lipinski definition) is 2. The van der Waals surface area contributed by atoms with E-state index in [0.717, 1.165) is 24.9 Å². The van der Waals surface area contributed by atoms with Crippen molar-refractivity contribution in [2.45, 2.75) is 38.1 Å². The Balaban J connectivity index is 1.91. The van der Waals surface area contributed by atoms with Crippen LogP contribution in [0.4, 0.5) is 0 Å². The molecule has 4 nitrogen and oxygen atoms in total. The zero-order valence-corrected chi connectivity index (χ0v) is 13.4. The minimum absolute atomic E-state index is 0.147. The first-order valence-corrected chi connectivity index (χ1v) is 7.96. The van der Waals surface area contributed by atoms with Crippen LogP contribution in [0.25, 0.3) is 0 Å². The largest absolute Gasteiger partial charge is 0.504 e. The van der Waals surface area contributed by atoms with Crippen LogP contribution in [0, 0.1) is 0 Å². The van der Waals surface area contributed by atoms with Gasteiger partial charge in [-0.25, -0.2) is 0 Å². The van der Waals surface area contributed by atoms with Gasteiger partial charge in [-0.3, -0.25) is 9.69 Å². The molecule has 0 spiro atoms. The second kappa shape index (κ2) is 5.94. The van der Waals surface area contributed by atoms with E-state index in [1.807, 2.05) is 0 Å². The molecular formula is C17H20ClNO3. The third kappa shape index (κ3) is 2.85. The molecule has 0 amide bonds. The number of likely N-dealkylation sites (N-methyl/N-ethyl adjacent to an activating group) is 1. The minimum Gasteiger partial charge on any atom is -0.504 e. The maximum atomic E-state index is 11.7. The van der Waals surface area contributed by atoms with Crippen LogP contribution in [0.2, 0.25) is 5.02 Å². The summed E-state index contributed by atoms with van der Waals surface area (Å²) in [4.78, 5) is 14.0. The van der Waals surface area contributed by atoms with Gasteiger partial charge >= 0.3 is 0 Å². The summed E-state index contributed by atoms with van der Waals surface area (Å²) in [6.45, 7) is 0.929. The van der Waals surface area contributed by atoms with Crippen LogP contribution < -0.4 is 0 Å². The number of carbonyl (C=O) groups excluding carboxylic acids is 1. The van der Waals surface area contributed by atoms with Gasteiger partial charge in [-0.05, 0) is 37.9 Å². The number of rotatable bonds is 2. The summed E-state index contributed by atoms with van der Waals surface area (Å²) < 4.78 is 0. The van der Waals surface area contributed by atoms with Crippen molar-refractivity contribution in [1.82, 2.24) is 4.90 Å². The predicted octanol–water partition coefficient (Wildman–Crippen LogP) is 3.05. The molecule has 0 radical (unpaired) electrons. The fraction of sp³-hybridized carbons (Fsp3) is 0.471. The summed E-state index contributed by atoms with van der Waals surface area (Å²) in [5, 5.41) is 19.7. The van der Waals surface area contributed by atoms with E-state index in [1.165, 1.54) is 23.3 Å². The highest BCUT2D eigenvalue weighted by molar-refractivity contribution is 6.31. The summed E-state index contributed by atoms with van der Waals surface area (Å²) in [7, 11) is 2.08. The summed E-state index contributed by atoms with van der Waals surface area (Å²) in [5.74, 6) is -0.0119. The van der Waals surface area contributed by atoms with Gasteiger partial charge in [-0.2, -0.15) is 0 Å². The van der Waals surface area contributed by atoms with E-state index in [2.05, 4.69) is 11.9 Å². The van der Waals surface area contributed by atoms with E-state index in [0.29, 0.717) is 30.1 Å². The van der Waals surface area contributed by atoms with E-state index in [1.54, 1.807) is 0 Å². The second-order valence-electron chi connectivity index (χ2n) is 6.23. The average molecular weight is 322 g/mol. The van der Waals surface area contributed by atoms with Crippen LogP contribution in [-0.4, -0.2) is 40.5 Å². The molecule has 2 N–H and O–H groups in total. The van der Waals surface area contributed by atoms with E-state index in [9.17, 15) is 15.0 Å². The SMILES string of the molecule is CN1CCC2=C(CCC(=O)C2)C1Cc1cc(O)c(O)cc1Cl. The van der Waals surface area contributed by atoms with E-state index >= 15 is 0 Å².